The van der Waals surface area contributed by atoms with Crippen LogP contribution in [0.4, 0.5) is 0 Å². The lowest BCUT2D eigenvalue weighted by molar-refractivity contribution is -0.143. The smallest absolute Gasteiger partial charge is 0.337 e. The van der Waals surface area contributed by atoms with Crippen molar-refractivity contribution in [2.24, 2.45) is 0 Å². The molecule has 0 bridgehead atoms. The molecule has 2 aliphatic rings. The Kier molecular flexibility index (Phi) is 5.77. The van der Waals surface area contributed by atoms with Crippen molar-refractivity contribution in [2.45, 2.75) is 52.1 Å². The first-order chi connectivity index (χ1) is 13.4. The van der Waals surface area contributed by atoms with E-state index in [2.05, 4.69) is 5.32 Å². The van der Waals surface area contributed by atoms with Gasteiger partial charge in [0.25, 0.3) is 0 Å². The van der Waals surface area contributed by atoms with Crippen LogP contribution in [0.1, 0.15) is 51.5 Å². The van der Waals surface area contributed by atoms with Gasteiger partial charge >= 0.3 is 5.97 Å². The van der Waals surface area contributed by atoms with E-state index in [0.29, 0.717) is 34.8 Å². The molecule has 0 saturated carbocycles. The molecule has 1 atom stereocenters. The SMILES string of the molecule is COc1cccc([C@@H]2C(C(=O)OC(C)C)=C(C)NC3=C2C(=O)CCC3)c1OC. The van der Waals surface area contributed by atoms with Gasteiger partial charge in [0.2, 0.25) is 0 Å². The molecule has 0 amide bonds. The molecule has 0 unspecified atom stereocenters. The highest BCUT2D eigenvalue weighted by Gasteiger charge is 2.41. The number of esters is 1. The number of benzene rings is 1. The van der Waals surface area contributed by atoms with E-state index in [9.17, 15) is 9.59 Å². The summed E-state index contributed by atoms with van der Waals surface area (Å²) < 4.78 is 16.6. The Morgan fingerprint density at radius 2 is 1.93 bits per heavy atom. The summed E-state index contributed by atoms with van der Waals surface area (Å²) >= 11 is 0. The Bertz CT molecular complexity index is 866. The molecular formula is C22H27NO5. The molecular weight excluding hydrogens is 358 g/mol. The molecule has 3 rings (SSSR count). The van der Waals surface area contributed by atoms with Crippen LogP contribution < -0.4 is 14.8 Å². The second kappa shape index (κ2) is 8.09. The van der Waals surface area contributed by atoms with Crippen LogP contribution in [-0.2, 0) is 14.3 Å². The second-order valence-electron chi connectivity index (χ2n) is 7.30. The Hall–Kier alpha value is -2.76. The van der Waals surface area contributed by atoms with E-state index in [0.717, 1.165) is 24.1 Å². The maximum Gasteiger partial charge on any atom is 0.337 e. The Morgan fingerprint density at radius 3 is 2.57 bits per heavy atom. The number of Topliss-reactive ketones (excluding diaryl/α,β-unsaturated/α-hetero) is 1. The third-order valence-corrected chi connectivity index (χ3v) is 5.08. The van der Waals surface area contributed by atoms with E-state index in [1.54, 1.807) is 20.3 Å². The molecule has 0 saturated heterocycles. The number of ether oxygens (including phenoxy) is 3. The molecule has 1 aliphatic heterocycles. The number of nitrogens with one attached hydrogen (secondary N) is 1. The quantitative estimate of drug-likeness (QED) is 0.781. The van der Waals surface area contributed by atoms with Crippen molar-refractivity contribution in [1.82, 2.24) is 5.32 Å². The predicted molar refractivity (Wildman–Crippen MR) is 105 cm³/mol. The van der Waals surface area contributed by atoms with Gasteiger partial charge < -0.3 is 19.5 Å². The van der Waals surface area contributed by atoms with E-state index in [1.807, 2.05) is 32.9 Å². The van der Waals surface area contributed by atoms with Crippen molar-refractivity contribution < 1.29 is 23.8 Å². The number of ketones is 1. The highest BCUT2D eigenvalue weighted by Crippen LogP contribution is 2.47. The van der Waals surface area contributed by atoms with Crippen LogP contribution in [0.3, 0.4) is 0 Å². The first-order valence-corrected chi connectivity index (χ1v) is 9.54. The predicted octanol–water partition coefficient (Wildman–Crippen LogP) is 3.62. The molecule has 6 nitrogen and oxygen atoms in total. The first kappa shape index (κ1) is 20.0. The molecule has 6 heteroatoms. The number of para-hydroxylation sites is 1. The summed E-state index contributed by atoms with van der Waals surface area (Å²) in [6, 6.07) is 5.51. The zero-order valence-electron chi connectivity index (χ0n) is 17.0. The standard InChI is InChI=1S/C22H27NO5/c1-12(2)28-22(25)18-13(3)23-15-9-7-10-16(24)20(15)19(18)14-8-6-11-17(26-4)21(14)27-5/h6,8,11-12,19,23H,7,9-10H2,1-5H3/t19-/m1/s1. The molecule has 1 aromatic rings. The summed E-state index contributed by atoms with van der Waals surface area (Å²) in [6.07, 6.45) is 1.77. The Morgan fingerprint density at radius 1 is 1.18 bits per heavy atom. The fraction of sp³-hybridized carbons (Fsp3) is 0.455. The van der Waals surface area contributed by atoms with E-state index in [1.165, 1.54) is 0 Å². The van der Waals surface area contributed by atoms with Crippen LogP contribution in [0.15, 0.2) is 40.7 Å². The second-order valence-corrected chi connectivity index (χ2v) is 7.30. The highest BCUT2D eigenvalue weighted by molar-refractivity contribution is 6.04. The minimum atomic E-state index is -0.555. The summed E-state index contributed by atoms with van der Waals surface area (Å²) in [5.74, 6) is 0.133. The molecule has 0 fully saturated rings. The third kappa shape index (κ3) is 3.51. The van der Waals surface area contributed by atoms with Crippen LogP contribution >= 0.6 is 0 Å². The zero-order chi connectivity index (χ0) is 20.4. The van der Waals surface area contributed by atoms with Gasteiger partial charge in [-0.3, -0.25) is 4.79 Å². The van der Waals surface area contributed by atoms with Gasteiger partial charge in [0, 0.05) is 29.0 Å². The van der Waals surface area contributed by atoms with Crippen LogP contribution in [0.5, 0.6) is 11.5 Å². The number of hydrogen-bond donors (Lipinski definition) is 1. The van der Waals surface area contributed by atoms with Crippen molar-refractivity contribution in [3.8, 4) is 11.5 Å². The van der Waals surface area contributed by atoms with Crippen LogP contribution in [0, 0.1) is 0 Å². The molecule has 0 radical (unpaired) electrons. The number of methoxy groups -OCH3 is 2. The molecule has 1 aliphatic carbocycles. The van der Waals surface area contributed by atoms with Gasteiger partial charge in [-0.05, 0) is 39.7 Å². The topological polar surface area (TPSA) is 73.9 Å². The van der Waals surface area contributed by atoms with Crippen LogP contribution in [0.2, 0.25) is 0 Å². The van der Waals surface area contributed by atoms with Crippen molar-refractivity contribution in [3.05, 3.63) is 46.3 Å². The summed E-state index contributed by atoms with van der Waals surface area (Å²) in [4.78, 5) is 25.9. The van der Waals surface area contributed by atoms with Gasteiger partial charge in [-0.2, -0.15) is 0 Å². The average molecular weight is 385 g/mol. The van der Waals surface area contributed by atoms with Gasteiger partial charge in [0.15, 0.2) is 17.3 Å². The fourth-order valence-corrected chi connectivity index (χ4v) is 3.98. The molecule has 0 spiro atoms. The van der Waals surface area contributed by atoms with E-state index in [4.69, 9.17) is 14.2 Å². The molecule has 1 heterocycles. The lowest BCUT2D eigenvalue weighted by Crippen LogP contribution is -2.35. The summed E-state index contributed by atoms with van der Waals surface area (Å²) in [6.45, 7) is 5.46. The fourth-order valence-electron chi connectivity index (χ4n) is 3.98. The number of allylic oxidation sites excluding steroid dienone is 3. The largest absolute Gasteiger partial charge is 0.493 e. The van der Waals surface area contributed by atoms with E-state index < -0.39 is 11.9 Å². The normalized spacial score (nSPS) is 19.4. The van der Waals surface area contributed by atoms with Crippen molar-refractivity contribution in [1.29, 1.82) is 0 Å². The van der Waals surface area contributed by atoms with E-state index in [-0.39, 0.29) is 11.9 Å². The molecule has 1 aromatic carbocycles. The minimum Gasteiger partial charge on any atom is -0.493 e. The maximum atomic E-state index is 13.0. The molecule has 1 N–H and O–H groups in total. The minimum absolute atomic E-state index is 0.0472. The van der Waals surface area contributed by atoms with Gasteiger partial charge in [-0.25, -0.2) is 4.79 Å². The number of carbonyl (C=O) groups excluding carboxylic acids is 2. The van der Waals surface area contributed by atoms with Crippen LogP contribution in [0.25, 0.3) is 0 Å². The van der Waals surface area contributed by atoms with Gasteiger partial charge in [-0.15, -0.1) is 0 Å². The lowest BCUT2D eigenvalue weighted by atomic mass is 9.75. The summed E-state index contributed by atoms with van der Waals surface area (Å²) in [5, 5.41) is 3.28. The van der Waals surface area contributed by atoms with E-state index >= 15 is 0 Å². The number of hydrogen-bond acceptors (Lipinski definition) is 6. The Labute approximate surface area is 165 Å². The number of carbonyl (C=O) groups is 2. The van der Waals surface area contributed by atoms with Crippen LogP contribution in [-0.4, -0.2) is 32.1 Å². The van der Waals surface area contributed by atoms with Crippen molar-refractivity contribution in [3.63, 3.8) is 0 Å². The van der Waals surface area contributed by atoms with Crippen molar-refractivity contribution in [2.75, 3.05) is 14.2 Å². The third-order valence-electron chi connectivity index (χ3n) is 5.08. The van der Waals surface area contributed by atoms with Gasteiger partial charge in [-0.1, -0.05) is 12.1 Å². The average Bonchev–Trinajstić information content (AvgIpc) is 2.65. The summed E-state index contributed by atoms with van der Waals surface area (Å²) in [5.41, 5.74) is 3.37. The maximum absolute atomic E-state index is 13.0. The highest BCUT2D eigenvalue weighted by atomic mass is 16.5. The molecule has 0 aromatic heterocycles. The Balaban J connectivity index is 2.24. The van der Waals surface area contributed by atoms with Crippen molar-refractivity contribution >= 4 is 11.8 Å². The number of rotatable bonds is 5. The first-order valence-electron chi connectivity index (χ1n) is 9.54. The molecule has 28 heavy (non-hydrogen) atoms. The lowest BCUT2D eigenvalue weighted by Gasteiger charge is -2.35. The van der Waals surface area contributed by atoms with Gasteiger partial charge in [0.05, 0.1) is 31.8 Å². The zero-order valence-corrected chi connectivity index (χ0v) is 17.0. The number of dihydropyridines is 1. The molecule has 150 valence electrons. The van der Waals surface area contributed by atoms with Gasteiger partial charge in [0.1, 0.15) is 0 Å². The monoisotopic (exact) mass is 385 g/mol. The summed E-state index contributed by atoms with van der Waals surface area (Å²) in [7, 11) is 3.12.